The number of oxime groups is 1. The third kappa shape index (κ3) is 4.72. The molecule has 1 aromatic carbocycles. The lowest BCUT2D eigenvalue weighted by molar-refractivity contribution is -0.0597. The van der Waals surface area contributed by atoms with E-state index in [-0.39, 0.29) is 12.2 Å². The Morgan fingerprint density at radius 1 is 1.30 bits per heavy atom. The minimum Gasteiger partial charge on any atom is -0.508 e. The van der Waals surface area contributed by atoms with E-state index in [1.54, 1.807) is 0 Å². The summed E-state index contributed by atoms with van der Waals surface area (Å²) < 4.78 is 64.8. The maximum atomic E-state index is 12.8. The van der Waals surface area contributed by atoms with E-state index in [1.165, 1.54) is 6.92 Å². The van der Waals surface area contributed by atoms with E-state index in [0.29, 0.717) is 0 Å². The number of rotatable bonds is 5. The highest BCUT2D eigenvalue weighted by Gasteiger charge is 2.38. The van der Waals surface area contributed by atoms with Gasteiger partial charge in [0.1, 0.15) is 5.75 Å². The van der Waals surface area contributed by atoms with Crippen molar-refractivity contribution in [3.05, 3.63) is 29.8 Å². The Morgan fingerprint density at radius 3 is 2.30 bits per heavy atom. The molecule has 0 heterocycles. The summed E-state index contributed by atoms with van der Waals surface area (Å²) in [7, 11) is -4.14. The summed E-state index contributed by atoms with van der Waals surface area (Å²) in [4.78, 5) is 0. The lowest BCUT2D eigenvalue weighted by Crippen LogP contribution is -2.25. The number of phenols is 1. The molecule has 0 unspecified atom stereocenters. The predicted octanol–water partition coefficient (Wildman–Crippen LogP) is 2.42. The molecule has 9 heteroatoms. The van der Waals surface area contributed by atoms with E-state index in [4.69, 9.17) is 5.11 Å². The molecule has 0 spiro atoms. The summed E-state index contributed by atoms with van der Waals surface area (Å²) in [5.41, 5.74) is -1.90. The highest BCUT2D eigenvalue weighted by molar-refractivity contribution is 7.86. The van der Waals surface area contributed by atoms with Gasteiger partial charge in [0.15, 0.2) is 5.71 Å². The van der Waals surface area contributed by atoms with Gasteiger partial charge >= 0.3 is 16.3 Å². The Balaban J connectivity index is 3.11. The van der Waals surface area contributed by atoms with Gasteiger partial charge in [-0.25, -0.2) is 0 Å². The Kier molecular flexibility index (Phi) is 4.98. The van der Waals surface area contributed by atoms with Crippen LogP contribution in [0.4, 0.5) is 13.2 Å². The molecular formula is C11H12F3NO4S. The van der Waals surface area contributed by atoms with Gasteiger partial charge in [-0.2, -0.15) is 21.6 Å². The topological polar surface area (TPSA) is 76.0 Å². The van der Waals surface area contributed by atoms with E-state index in [9.17, 15) is 21.6 Å². The number of aromatic hydroxyl groups is 1. The van der Waals surface area contributed by atoms with Crippen LogP contribution in [0, 0.1) is 0 Å². The van der Waals surface area contributed by atoms with Gasteiger partial charge in [0.05, 0.1) is 5.75 Å². The fraction of sp³-hybridized carbons (Fsp3) is 0.364. The molecule has 0 aliphatic carbocycles. The van der Waals surface area contributed by atoms with Crippen molar-refractivity contribution in [2.24, 2.45) is 5.16 Å². The standard InChI is InChI=1S/C11H12F3NO4S/c1-2-7-20(17,18)19-15-10(11(12,13)14)8-3-5-9(16)6-4-8/h3-6,16H,2,7H2,1H3/b15-10-. The molecule has 5 nitrogen and oxygen atoms in total. The molecule has 0 radical (unpaired) electrons. The Morgan fingerprint density at radius 2 is 1.85 bits per heavy atom. The Labute approximate surface area is 113 Å². The van der Waals surface area contributed by atoms with Crippen molar-refractivity contribution >= 4 is 15.8 Å². The first-order valence-electron chi connectivity index (χ1n) is 5.51. The summed E-state index contributed by atoms with van der Waals surface area (Å²) in [5.74, 6) is -0.660. The lowest BCUT2D eigenvalue weighted by Gasteiger charge is -2.10. The molecule has 0 aliphatic heterocycles. The van der Waals surface area contributed by atoms with Crippen molar-refractivity contribution < 1.29 is 31.0 Å². The normalized spacial score (nSPS) is 13.3. The van der Waals surface area contributed by atoms with Crippen molar-refractivity contribution in [1.29, 1.82) is 0 Å². The van der Waals surface area contributed by atoms with Crippen LogP contribution < -0.4 is 0 Å². The van der Waals surface area contributed by atoms with Gasteiger partial charge in [-0.15, -0.1) is 0 Å². The van der Waals surface area contributed by atoms with E-state index in [0.717, 1.165) is 24.3 Å². The number of hydrogen-bond donors (Lipinski definition) is 1. The summed E-state index contributed by atoms with van der Waals surface area (Å²) in [6.45, 7) is 1.54. The first-order chi connectivity index (χ1) is 9.15. The van der Waals surface area contributed by atoms with Crippen LogP contribution in [-0.4, -0.2) is 31.2 Å². The predicted molar refractivity (Wildman–Crippen MR) is 65.9 cm³/mol. The Hall–Kier alpha value is -1.77. The number of benzene rings is 1. The molecule has 0 fully saturated rings. The van der Waals surface area contributed by atoms with Crippen molar-refractivity contribution in [2.75, 3.05) is 5.75 Å². The minimum atomic E-state index is -4.89. The molecule has 0 amide bonds. The van der Waals surface area contributed by atoms with Crippen LogP contribution in [0.3, 0.4) is 0 Å². The van der Waals surface area contributed by atoms with Crippen LogP contribution in [0.15, 0.2) is 29.4 Å². The second-order valence-electron chi connectivity index (χ2n) is 3.82. The molecule has 0 aliphatic rings. The fourth-order valence-electron chi connectivity index (χ4n) is 1.27. The average molecular weight is 311 g/mol. The third-order valence-corrected chi connectivity index (χ3v) is 3.32. The molecule has 1 N–H and O–H groups in total. The zero-order valence-electron chi connectivity index (χ0n) is 10.4. The van der Waals surface area contributed by atoms with Gasteiger partial charge in [-0.05, 0) is 30.7 Å². The first kappa shape index (κ1) is 16.3. The van der Waals surface area contributed by atoms with E-state index < -0.39 is 33.3 Å². The van der Waals surface area contributed by atoms with Crippen LogP contribution in [0.1, 0.15) is 18.9 Å². The van der Waals surface area contributed by atoms with Crippen LogP contribution in [0.25, 0.3) is 0 Å². The second-order valence-corrected chi connectivity index (χ2v) is 5.49. The number of alkyl halides is 3. The molecule has 0 saturated carbocycles. The zero-order valence-corrected chi connectivity index (χ0v) is 11.2. The highest BCUT2D eigenvalue weighted by Crippen LogP contribution is 2.24. The monoisotopic (exact) mass is 311 g/mol. The summed E-state index contributed by atoms with van der Waals surface area (Å²) >= 11 is 0. The average Bonchev–Trinajstić information content (AvgIpc) is 2.29. The minimum absolute atomic E-state index is 0.193. The number of nitrogens with zero attached hydrogens (tertiary/aromatic N) is 1. The second kappa shape index (κ2) is 6.12. The number of halogens is 3. The summed E-state index contributed by atoms with van der Waals surface area (Å²) in [6.07, 6.45) is -4.70. The maximum absolute atomic E-state index is 12.8. The van der Waals surface area contributed by atoms with Gasteiger partial charge in [-0.3, -0.25) is 4.28 Å². The van der Waals surface area contributed by atoms with Crippen LogP contribution in [0.2, 0.25) is 0 Å². The number of phenolic OH excluding ortho intramolecular Hbond substituents is 1. The van der Waals surface area contributed by atoms with E-state index in [1.807, 2.05) is 0 Å². The highest BCUT2D eigenvalue weighted by atomic mass is 32.2. The molecule has 0 aromatic heterocycles. The van der Waals surface area contributed by atoms with Gasteiger partial charge < -0.3 is 5.11 Å². The van der Waals surface area contributed by atoms with E-state index >= 15 is 0 Å². The van der Waals surface area contributed by atoms with Crippen molar-refractivity contribution in [2.45, 2.75) is 19.5 Å². The van der Waals surface area contributed by atoms with Crippen LogP contribution >= 0.6 is 0 Å². The third-order valence-electron chi connectivity index (χ3n) is 2.11. The quantitative estimate of drug-likeness (QED) is 0.669. The Bertz CT molecular complexity index is 579. The van der Waals surface area contributed by atoms with Crippen LogP contribution in [0.5, 0.6) is 5.75 Å². The molecule has 112 valence electrons. The lowest BCUT2D eigenvalue weighted by atomic mass is 10.1. The van der Waals surface area contributed by atoms with Gasteiger partial charge in [-0.1, -0.05) is 12.1 Å². The molecule has 20 heavy (non-hydrogen) atoms. The fourth-order valence-corrected chi connectivity index (χ4v) is 2.03. The number of hydrogen-bond acceptors (Lipinski definition) is 5. The first-order valence-corrected chi connectivity index (χ1v) is 7.09. The van der Waals surface area contributed by atoms with Crippen molar-refractivity contribution in [3.8, 4) is 5.75 Å². The van der Waals surface area contributed by atoms with E-state index in [2.05, 4.69) is 9.44 Å². The van der Waals surface area contributed by atoms with Gasteiger partial charge in [0.2, 0.25) is 0 Å². The zero-order chi connectivity index (χ0) is 15.4. The van der Waals surface area contributed by atoms with Crippen molar-refractivity contribution in [3.63, 3.8) is 0 Å². The molecule has 1 rings (SSSR count). The SMILES string of the molecule is CCCS(=O)(=O)O/N=C(/c1ccc(O)cc1)C(F)(F)F. The van der Waals surface area contributed by atoms with Crippen LogP contribution in [-0.2, 0) is 14.4 Å². The largest absolute Gasteiger partial charge is 0.508 e. The van der Waals surface area contributed by atoms with Gasteiger partial charge in [0.25, 0.3) is 0 Å². The van der Waals surface area contributed by atoms with Crippen molar-refractivity contribution in [1.82, 2.24) is 0 Å². The molecule has 1 aromatic rings. The summed E-state index contributed by atoms with van der Waals surface area (Å²) in [5, 5.41) is 11.7. The molecular weight excluding hydrogens is 299 g/mol. The molecule has 0 atom stereocenters. The molecule has 0 saturated heterocycles. The molecule has 0 bridgehead atoms. The smallest absolute Gasteiger partial charge is 0.437 e. The van der Waals surface area contributed by atoms with Gasteiger partial charge in [0, 0.05) is 5.56 Å². The maximum Gasteiger partial charge on any atom is 0.437 e. The summed E-state index contributed by atoms with van der Waals surface area (Å²) in [6, 6.07) is 3.96.